The number of likely N-dealkylation sites (tertiary alicyclic amines) is 1. The molecule has 8 nitrogen and oxygen atoms in total. The van der Waals surface area contributed by atoms with Gasteiger partial charge in [0.2, 0.25) is 10.0 Å². The highest BCUT2D eigenvalue weighted by Gasteiger charge is 2.34. The van der Waals surface area contributed by atoms with E-state index in [0.717, 1.165) is 64.2 Å². The molecule has 0 spiro atoms. The average Bonchev–Trinajstić information content (AvgIpc) is 2.84. The largest absolute Gasteiger partial charge is 0.378 e. The highest BCUT2D eigenvalue weighted by molar-refractivity contribution is 7.92. The van der Waals surface area contributed by atoms with Gasteiger partial charge in [0.15, 0.2) is 0 Å². The Morgan fingerprint density at radius 1 is 1.11 bits per heavy atom. The fraction of sp³-hybridized carbons (Fsp3) is 0.593. The Hall–Kier alpha value is -2.07. The van der Waals surface area contributed by atoms with Gasteiger partial charge in [0.1, 0.15) is 5.82 Å². The predicted molar refractivity (Wildman–Crippen MR) is 154 cm³/mol. The number of halogens is 1. The lowest BCUT2D eigenvalue weighted by Gasteiger charge is -2.48. The first-order valence-electron chi connectivity index (χ1n) is 13.3. The van der Waals surface area contributed by atoms with Crippen LogP contribution in [0, 0.1) is 0 Å². The molecular formula is C27H41ClN6O2S. The van der Waals surface area contributed by atoms with E-state index in [1.807, 2.05) is 0 Å². The Bertz CT molecular complexity index is 1140. The van der Waals surface area contributed by atoms with Crippen molar-refractivity contribution in [2.75, 3.05) is 67.6 Å². The molecule has 0 saturated carbocycles. The van der Waals surface area contributed by atoms with E-state index in [9.17, 15) is 8.42 Å². The van der Waals surface area contributed by atoms with Gasteiger partial charge in [-0.05, 0) is 56.1 Å². The molecule has 2 aliphatic heterocycles. The highest BCUT2D eigenvalue weighted by atomic mass is 35.5. The van der Waals surface area contributed by atoms with E-state index in [1.54, 1.807) is 12.3 Å². The van der Waals surface area contributed by atoms with E-state index in [0.29, 0.717) is 22.8 Å². The number of benzene rings is 1. The topological polar surface area (TPSA) is 72.0 Å². The predicted octanol–water partition coefficient (Wildman–Crippen LogP) is 4.13. The van der Waals surface area contributed by atoms with Gasteiger partial charge in [-0.25, -0.2) is 13.4 Å². The van der Waals surface area contributed by atoms with Crippen LogP contribution in [0.5, 0.6) is 0 Å². The zero-order valence-corrected chi connectivity index (χ0v) is 24.1. The number of nitrogens with one attached hydrogen (secondary N) is 1. The van der Waals surface area contributed by atoms with Gasteiger partial charge in [0.05, 0.1) is 23.2 Å². The van der Waals surface area contributed by atoms with Crippen molar-refractivity contribution in [1.29, 1.82) is 0 Å². The third-order valence-electron chi connectivity index (χ3n) is 7.46. The number of aromatic nitrogens is 1. The van der Waals surface area contributed by atoms with Crippen molar-refractivity contribution < 1.29 is 8.42 Å². The molecule has 0 bridgehead atoms. The molecule has 1 N–H and O–H groups in total. The van der Waals surface area contributed by atoms with Crippen LogP contribution in [0.2, 0.25) is 5.02 Å². The highest BCUT2D eigenvalue weighted by Crippen LogP contribution is 2.31. The molecule has 1 atom stereocenters. The number of piperazine rings is 1. The van der Waals surface area contributed by atoms with Crippen LogP contribution in [0.1, 0.15) is 38.2 Å². The summed E-state index contributed by atoms with van der Waals surface area (Å²) < 4.78 is 25.5. The first-order valence-corrected chi connectivity index (χ1v) is 15.5. The maximum Gasteiger partial charge on any atom is 0.229 e. The van der Waals surface area contributed by atoms with Crippen molar-refractivity contribution in [3.05, 3.63) is 47.1 Å². The molecule has 2 aliphatic rings. The van der Waals surface area contributed by atoms with Crippen LogP contribution in [0.25, 0.3) is 0 Å². The van der Waals surface area contributed by atoms with Crippen LogP contribution >= 0.6 is 11.6 Å². The molecule has 2 fully saturated rings. The van der Waals surface area contributed by atoms with Crippen molar-refractivity contribution in [3.8, 4) is 0 Å². The minimum absolute atomic E-state index is 0.389. The van der Waals surface area contributed by atoms with Crippen LogP contribution in [-0.2, 0) is 16.6 Å². The first-order chi connectivity index (χ1) is 17.6. The van der Waals surface area contributed by atoms with Crippen LogP contribution < -0.4 is 14.5 Å². The molecular weight excluding hydrogens is 508 g/mol. The minimum atomic E-state index is -3.37. The number of pyridine rings is 1. The maximum absolute atomic E-state index is 11.5. The van der Waals surface area contributed by atoms with E-state index in [4.69, 9.17) is 11.6 Å². The number of rotatable bonds is 9. The van der Waals surface area contributed by atoms with Crippen molar-refractivity contribution in [2.45, 2.75) is 51.2 Å². The van der Waals surface area contributed by atoms with E-state index < -0.39 is 10.0 Å². The Labute approximate surface area is 227 Å². The summed E-state index contributed by atoms with van der Waals surface area (Å²) in [6.07, 6.45) is 7.33. The normalized spacial score (nSPS) is 20.2. The molecule has 1 aromatic carbocycles. The molecule has 0 unspecified atom stereocenters. The lowest BCUT2D eigenvalue weighted by atomic mass is 9.97. The zero-order chi connectivity index (χ0) is 26.6. The van der Waals surface area contributed by atoms with E-state index >= 15 is 0 Å². The molecule has 10 heteroatoms. The van der Waals surface area contributed by atoms with Gasteiger partial charge in [-0.2, -0.15) is 0 Å². The monoisotopic (exact) mass is 548 g/mol. The van der Waals surface area contributed by atoms with E-state index in [-0.39, 0.29) is 0 Å². The summed E-state index contributed by atoms with van der Waals surface area (Å²) in [6, 6.07) is 11.6. The third kappa shape index (κ3) is 7.50. The fourth-order valence-corrected chi connectivity index (χ4v) is 6.46. The molecule has 2 aromatic rings. The number of hydrogen-bond acceptors (Lipinski definition) is 7. The number of nitrogens with zero attached hydrogens (tertiary/aromatic N) is 5. The Balaban J connectivity index is 1.34. The second-order valence-corrected chi connectivity index (χ2v) is 12.8. The number of hydrogen-bond donors (Lipinski definition) is 1. The SMILES string of the molecule is CCC[C@H]1CN(c2ncc(NS(C)(=O)=O)cc2Cl)CCN1C1CCN(Cc2ccc(N(C)C)cc2)CC1. The van der Waals surface area contributed by atoms with Gasteiger partial charge in [-0.3, -0.25) is 14.5 Å². The summed E-state index contributed by atoms with van der Waals surface area (Å²) in [5.74, 6) is 0.733. The molecule has 4 rings (SSSR count). The fourth-order valence-electron chi connectivity index (χ4n) is 5.63. The Morgan fingerprint density at radius 2 is 1.81 bits per heavy atom. The molecule has 0 aliphatic carbocycles. The summed E-state index contributed by atoms with van der Waals surface area (Å²) >= 11 is 6.55. The quantitative estimate of drug-likeness (QED) is 0.505. The summed E-state index contributed by atoms with van der Waals surface area (Å²) in [7, 11) is 0.782. The lowest BCUT2D eigenvalue weighted by Crippen LogP contribution is -2.58. The second-order valence-electron chi connectivity index (χ2n) is 10.6. The summed E-state index contributed by atoms with van der Waals surface area (Å²) in [4.78, 5) is 14.2. The smallest absolute Gasteiger partial charge is 0.229 e. The third-order valence-corrected chi connectivity index (χ3v) is 8.34. The molecule has 1 aromatic heterocycles. The number of sulfonamides is 1. The van der Waals surface area contributed by atoms with E-state index in [1.165, 1.54) is 24.1 Å². The molecule has 37 heavy (non-hydrogen) atoms. The van der Waals surface area contributed by atoms with Crippen molar-refractivity contribution in [2.24, 2.45) is 0 Å². The summed E-state index contributed by atoms with van der Waals surface area (Å²) in [6.45, 7) is 8.26. The van der Waals surface area contributed by atoms with Crippen LogP contribution in [0.15, 0.2) is 36.5 Å². The standard InChI is InChI=1S/C27H41ClN6O2S/c1-5-6-25-20-33(27-26(28)17-22(18-29-27)30-37(4,35)36)15-16-34(25)24-11-13-32(14-12-24)19-21-7-9-23(10-8-21)31(2)3/h7-10,17-18,24-25,30H,5-6,11-16,19-20H2,1-4H3/t25-/m0/s1. The summed E-state index contributed by atoms with van der Waals surface area (Å²) in [5, 5.41) is 0.476. The minimum Gasteiger partial charge on any atom is -0.378 e. The van der Waals surface area contributed by atoms with Crippen molar-refractivity contribution in [3.63, 3.8) is 0 Å². The molecule has 2 saturated heterocycles. The van der Waals surface area contributed by atoms with Crippen LogP contribution in [0.3, 0.4) is 0 Å². The molecule has 0 amide bonds. The van der Waals surface area contributed by atoms with Gasteiger partial charge < -0.3 is 9.80 Å². The van der Waals surface area contributed by atoms with Crippen LogP contribution in [0.4, 0.5) is 17.2 Å². The Kier molecular flexibility index (Phi) is 9.21. The van der Waals surface area contributed by atoms with Gasteiger partial charge in [0.25, 0.3) is 0 Å². The van der Waals surface area contributed by atoms with Crippen molar-refractivity contribution in [1.82, 2.24) is 14.8 Å². The second kappa shape index (κ2) is 12.2. The summed E-state index contributed by atoms with van der Waals surface area (Å²) in [5.41, 5.74) is 3.01. The Morgan fingerprint density at radius 3 is 2.41 bits per heavy atom. The average molecular weight is 549 g/mol. The lowest BCUT2D eigenvalue weighted by molar-refractivity contribution is 0.0589. The maximum atomic E-state index is 11.5. The van der Waals surface area contributed by atoms with Gasteiger partial charge >= 0.3 is 0 Å². The zero-order valence-electron chi connectivity index (χ0n) is 22.5. The number of anilines is 3. The van der Waals surface area contributed by atoms with Gasteiger partial charge in [-0.15, -0.1) is 0 Å². The first kappa shape index (κ1) is 28.0. The molecule has 3 heterocycles. The molecule has 0 radical (unpaired) electrons. The van der Waals surface area contributed by atoms with Crippen LogP contribution in [-0.4, -0.2) is 88.4 Å². The van der Waals surface area contributed by atoms with Gasteiger partial charge in [0, 0.05) is 58.0 Å². The van der Waals surface area contributed by atoms with Gasteiger partial charge in [-0.1, -0.05) is 37.1 Å². The molecule has 204 valence electrons. The number of piperidine rings is 1. The van der Waals surface area contributed by atoms with Crippen molar-refractivity contribution >= 4 is 38.8 Å². The van der Waals surface area contributed by atoms with E-state index in [2.05, 4.69) is 74.6 Å².